The highest BCUT2D eigenvalue weighted by Gasteiger charge is 2.33. The van der Waals surface area contributed by atoms with E-state index in [4.69, 9.17) is 20.4 Å². The summed E-state index contributed by atoms with van der Waals surface area (Å²) in [6.45, 7) is 5.85. The molecule has 0 radical (unpaired) electrons. The number of carbonyl (C=O) groups excluding carboxylic acids is 1. The molecule has 214 valence electrons. The van der Waals surface area contributed by atoms with Crippen molar-refractivity contribution in [2.24, 2.45) is 12.8 Å². The molecule has 40 heavy (non-hydrogen) atoms. The summed E-state index contributed by atoms with van der Waals surface area (Å²) in [5.41, 5.74) is 9.81. The van der Waals surface area contributed by atoms with Gasteiger partial charge in [-0.1, -0.05) is 20.3 Å². The molecule has 2 unspecified atom stereocenters. The summed E-state index contributed by atoms with van der Waals surface area (Å²) in [5, 5.41) is 0.768. The van der Waals surface area contributed by atoms with E-state index in [0.29, 0.717) is 58.9 Å². The number of rotatable bonds is 8. The summed E-state index contributed by atoms with van der Waals surface area (Å²) in [4.78, 5) is 25.0. The number of hydrogen-bond acceptors (Lipinski definition) is 5. The molecule has 5 rings (SSSR count). The topological polar surface area (TPSA) is 91.2 Å². The number of nitrogens with two attached hydrogens (primary N) is 1. The Morgan fingerprint density at radius 3 is 2.67 bits per heavy atom. The quantitative estimate of drug-likeness (QED) is 0.310. The SMILES string of the molecule is CCCC(F)(F)Cn1c(-c2nc3cc(C(=O)N4CCCC(N)C4C)cc(OC)c3n2C)cc2ccc(CC)nc21. The highest BCUT2D eigenvalue weighted by molar-refractivity contribution is 6.00. The number of hydrogen-bond donors (Lipinski definition) is 1. The molecule has 1 aliphatic heterocycles. The fourth-order valence-electron chi connectivity index (χ4n) is 5.83. The number of ether oxygens (including phenoxy) is 1. The average Bonchev–Trinajstić information content (AvgIpc) is 3.45. The van der Waals surface area contributed by atoms with E-state index < -0.39 is 12.5 Å². The van der Waals surface area contributed by atoms with Gasteiger partial charge in [0, 0.05) is 48.7 Å². The lowest BCUT2D eigenvalue weighted by atomic mass is 9.97. The second-order valence-electron chi connectivity index (χ2n) is 10.9. The van der Waals surface area contributed by atoms with Crippen molar-refractivity contribution in [1.29, 1.82) is 0 Å². The minimum absolute atomic E-state index is 0.0700. The van der Waals surface area contributed by atoms with E-state index in [9.17, 15) is 4.79 Å². The van der Waals surface area contributed by atoms with Gasteiger partial charge in [0.1, 0.15) is 16.9 Å². The molecule has 2 atom stereocenters. The molecule has 1 aromatic carbocycles. The maximum atomic E-state index is 15.0. The van der Waals surface area contributed by atoms with E-state index in [-0.39, 0.29) is 24.4 Å². The first-order chi connectivity index (χ1) is 19.1. The summed E-state index contributed by atoms with van der Waals surface area (Å²) in [6, 6.07) is 9.03. The third kappa shape index (κ3) is 4.93. The van der Waals surface area contributed by atoms with Gasteiger partial charge in [0.05, 0.1) is 24.9 Å². The van der Waals surface area contributed by atoms with Gasteiger partial charge in [0.25, 0.3) is 11.8 Å². The van der Waals surface area contributed by atoms with Gasteiger partial charge < -0.3 is 24.5 Å². The molecule has 2 N–H and O–H groups in total. The normalized spacial score (nSPS) is 18.1. The molecule has 0 saturated carbocycles. The molecule has 1 saturated heterocycles. The highest BCUT2D eigenvalue weighted by Crippen LogP contribution is 2.36. The summed E-state index contributed by atoms with van der Waals surface area (Å²) >= 11 is 0. The molecule has 10 heteroatoms. The van der Waals surface area contributed by atoms with Crippen LogP contribution in [-0.2, 0) is 20.0 Å². The Bertz CT molecular complexity index is 1560. The van der Waals surface area contributed by atoms with E-state index in [1.54, 1.807) is 30.7 Å². The van der Waals surface area contributed by atoms with Gasteiger partial charge >= 0.3 is 0 Å². The first-order valence-corrected chi connectivity index (χ1v) is 14.1. The number of nitrogens with zero attached hydrogens (tertiary/aromatic N) is 5. The number of carbonyl (C=O) groups is 1. The summed E-state index contributed by atoms with van der Waals surface area (Å²) in [5.74, 6) is -2.05. The highest BCUT2D eigenvalue weighted by atomic mass is 19.3. The number of halogens is 2. The zero-order chi connectivity index (χ0) is 28.8. The molecule has 0 spiro atoms. The van der Waals surface area contributed by atoms with E-state index in [2.05, 4.69) is 0 Å². The Balaban J connectivity index is 1.66. The van der Waals surface area contributed by atoms with Crippen LogP contribution in [0.15, 0.2) is 30.3 Å². The van der Waals surface area contributed by atoms with E-state index in [1.165, 1.54) is 0 Å². The Labute approximate surface area is 233 Å². The van der Waals surface area contributed by atoms with Gasteiger partial charge in [0.15, 0.2) is 5.82 Å². The monoisotopic (exact) mass is 552 g/mol. The summed E-state index contributed by atoms with van der Waals surface area (Å²) in [7, 11) is 3.38. The van der Waals surface area contributed by atoms with Gasteiger partial charge in [-0.15, -0.1) is 0 Å². The lowest BCUT2D eigenvalue weighted by Gasteiger charge is -2.37. The number of aromatic nitrogens is 4. The standard InChI is InChI=1S/C30H38F2N6O2/c1-6-12-30(31,32)17-38-24(15-19-10-11-21(7-2)34-27(19)38)28-35-23-14-20(16-25(40-5)26(23)36(28)4)29(39)37-13-8-9-22(33)18(37)3/h10-11,14-16,18,22H,6-9,12-13,17,33H2,1-5H3. The number of likely N-dealkylation sites (tertiary alicyclic amines) is 1. The van der Waals surface area contributed by atoms with Crippen molar-refractivity contribution in [2.45, 2.75) is 77.4 Å². The van der Waals surface area contributed by atoms with Crippen LogP contribution >= 0.6 is 0 Å². The molecule has 1 aliphatic rings. The van der Waals surface area contributed by atoms with Gasteiger partial charge in [0.2, 0.25) is 0 Å². The van der Waals surface area contributed by atoms with E-state index >= 15 is 8.78 Å². The van der Waals surface area contributed by atoms with E-state index in [1.807, 2.05) is 48.6 Å². The number of benzene rings is 1. The molecule has 1 amide bonds. The summed E-state index contributed by atoms with van der Waals surface area (Å²) < 4.78 is 39.2. The van der Waals surface area contributed by atoms with Crippen LogP contribution in [0, 0.1) is 0 Å². The number of pyridine rings is 1. The van der Waals surface area contributed by atoms with Gasteiger partial charge in [-0.05, 0) is 56.5 Å². The van der Waals surface area contributed by atoms with Crippen LogP contribution in [0.1, 0.15) is 62.5 Å². The van der Waals surface area contributed by atoms with Gasteiger partial charge in [-0.25, -0.2) is 18.7 Å². The third-order valence-electron chi connectivity index (χ3n) is 8.11. The van der Waals surface area contributed by atoms with Crippen molar-refractivity contribution in [1.82, 2.24) is 24.0 Å². The molecular weight excluding hydrogens is 514 g/mol. The molecule has 3 aromatic heterocycles. The van der Waals surface area contributed by atoms with Crippen molar-refractivity contribution in [3.05, 3.63) is 41.6 Å². The lowest BCUT2D eigenvalue weighted by Crippen LogP contribution is -2.52. The van der Waals surface area contributed by atoms with Crippen molar-refractivity contribution >= 4 is 28.0 Å². The van der Waals surface area contributed by atoms with Crippen LogP contribution < -0.4 is 10.5 Å². The Kier molecular flexibility index (Phi) is 7.56. The minimum atomic E-state index is -2.91. The Hall–Kier alpha value is -3.53. The largest absolute Gasteiger partial charge is 0.494 e. The number of imidazole rings is 1. The number of methoxy groups -OCH3 is 1. The maximum Gasteiger partial charge on any atom is 0.265 e. The van der Waals surface area contributed by atoms with Crippen LogP contribution in [0.2, 0.25) is 0 Å². The molecule has 0 bridgehead atoms. The number of piperidine rings is 1. The number of fused-ring (bicyclic) bond motifs is 2. The van der Waals surface area contributed by atoms with Crippen molar-refractivity contribution < 1.29 is 18.3 Å². The first-order valence-electron chi connectivity index (χ1n) is 14.1. The van der Waals surface area contributed by atoms with Crippen LogP contribution in [0.5, 0.6) is 5.75 Å². The Morgan fingerprint density at radius 2 is 1.98 bits per heavy atom. The van der Waals surface area contributed by atoms with Crippen LogP contribution in [0.3, 0.4) is 0 Å². The molecule has 4 heterocycles. The predicted molar refractivity (Wildman–Crippen MR) is 153 cm³/mol. The van der Waals surface area contributed by atoms with Gasteiger partial charge in [-0.2, -0.15) is 0 Å². The number of alkyl halides is 2. The number of aryl methyl sites for hydroxylation is 2. The van der Waals surface area contributed by atoms with Crippen molar-refractivity contribution in [3.63, 3.8) is 0 Å². The first kappa shape index (κ1) is 28.0. The zero-order valence-electron chi connectivity index (χ0n) is 23.9. The smallest absolute Gasteiger partial charge is 0.265 e. The van der Waals surface area contributed by atoms with Crippen LogP contribution in [0.4, 0.5) is 8.78 Å². The molecule has 4 aromatic rings. The second-order valence-corrected chi connectivity index (χ2v) is 10.9. The van der Waals surface area contributed by atoms with Crippen LogP contribution in [-0.4, -0.2) is 61.6 Å². The maximum absolute atomic E-state index is 15.0. The fraction of sp³-hybridized carbons (Fsp3) is 0.500. The zero-order valence-corrected chi connectivity index (χ0v) is 23.9. The van der Waals surface area contributed by atoms with Gasteiger partial charge in [-0.3, -0.25) is 4.79 Å². The van der Waals surface area contributed by atoms with Crippen molar-refractivity contribution in [2.75, 3.05) is 13.7 Å². The summed E-state index contributed by atoms with van der Waals surface area (Å²) in [6.07, 6.45) is 2.58. The fourth-order valence-corrected chi connectivity index (χ4v) is 5.83. The minimum Gasteiger partial charge on any atom is -0.494 e. The predicted octanol–water partition coefficient (Wildman–Crippen LogP) is 5.55. The molecule has 1 fully saturated rings. The second kappa shape index (κ2) is 10.8. The molecule has 0 aliphatic carbocycles. The average molecular weight is 553 g/mol. The molecular formula is C30H38F2N6O2. The Morgan fingerprint density at radius 1 is 1.20 bits per heavy atom. The third-order valence-corrected chi connectivity index (χ3v) is 8.11. The van der Waals surface area contributed by atoms with E-state index in [0.717, 1.165) is 23.9 Å². The number of amides is 1. The van der Waals surface area contributed by atoms with Crippen LogP contribution in [0.25, 0.3) is 33.6 Å². The van der Waals surface area contributed by atoms with Crippen molar-refractivity contribution in [3.8, 4) is 17.3 Å². The molecule has 8 nitrogen and oxygen atoms in total. The lowest BCUT2D eigenvalue weighted by molar-refractivity contribution is -0.0237.